The van der Waals surface area contributed by atoms with Crippen LogP contribution in [0.15, 0.2) is 54.6 Å². The summed E-state index contributed by atoms with van der Waals surface area (Å²) in [5, 5.41) is 0. The van der Waals surface area contributed by atoms with Crippen LogP contribution in [0.25, 0.3) is 0 Å². The number of carbonyl (C=O) groups excluding carboxylic acids is 1. The molecule has 124 valence electrons. The highest BCUT2D eigenvalue weighted by atomic mass is 16.5. The van der Waals surface area contributed by atoms with E-state index in [1.54, 1.807) is 0 Å². The Bertz CT molecular complexity index is 725. The monoisotopic (exact) mass is 322 g/mol. The van der Waals surface area contributed by atoms with E-state index in [0.717, 1.165) is 36.8 Å². The molecular weight excluding hydrogens is 300 g/mol. The Labute approximate surface area is 142 Å². The average molecular weight is 322 g/mol. The molecule has 3 heteroatoms. The molecule has 0 amide bonds. The van der Waals surface area contributed by atoms with Gasteiger partial charge in [-0.15, -0.1) is 0 Å². The molecule has 1 spiro atoms. The van der Waals surface area contributed by atoms with E-state index in [4.69, 9.17) is 9.47 Å². The molecule has 1 heterocycles. The molecular formula is C21H22O3. The summed E-state index contributed by atoms with van der Waals surface area (Å²) in [7, 11) is 0. The third-order valence-corrected chi connectivity index (χ3v) is 5.33. The normalized spacial score (nSPS) is 26.0. The Morgan fingerprint density at radius 3 is 2.75 bits per heavy atom. The standard InChI is InChI=1S/C21H22O3/c22-20-18-10-4-5-11-19(18)21(15-24-20)12-6-9-17(13-21)23-14-16-7-2-1-3-8-16/h1-5,7-8,10-11,17H,6,9,12-15H2. The summed E-state index contributed by atoms with van der Waals surface area (Å²) in [4.78, 5) is 12.1. The van der Waals surface area contributed by atoms with Crippen LogP contribution in [0.5, 0.6) is 0 Å². The topological polar surface area (TPSA) is 35.5 Å². The molecule has 24 heavy (non-hydrogen) atoms. The number of hydrogen-bond donors (Lipinski definition) is 0. The molecule has 4 rings (SSSR count). The fraction of sp³-hybridized carbons (Fsp3) is 0.381. The van der Waals surface area contributed by atoms with Crippen LogP contribution >= 0.6 is 0 Å². The second-order valence-corrected chi connectivity index (χ2v) is 6.92. The Morgan fingerprint density at radius 2 is 1.88 bits per heavy atom. The van der Waals surface area contributed by atoms with Crippen molar-refractivity contribution in [1.29, 1.82) is 0 Å². The van der Waals surface area contributed by atoms with Gasteiger partial charge in [0.1, 0.15) is 6.61 Å². The lowest BCUT2D eigenvalue weighted by Crippen LogP contribution is -2.44. The lowest BCUT2D eigenvalue weighted by molar-refractivity contribution is -0.0277. The Morgan fingerprint density at radius 1 is 1.08 bits per heavy atom. The first-order valence-corrected chi connectivity index (χ1v) is 8.69. The molecule has 1 aliphatic carbocycles. The first kappa shape index (κ1) is 15.4. The number of cyclic esters (lactones) is 1. The second kappa shape index (κ2) is 6.40. The molecule has 0 aromatic heterocycles. The molecule has 2 unspecified atom stereocenters. The van der Waals surface area contributed by atoms with E-state index in [1.165, 1.54) is 5.56 Å². The van der Waals surface area contributed by atoms with Crippen molar-refractivity contribution in [2.24, 2.45) is 0 Å². The van der Waals surface area contributed by atoms with Crippen molar-refractivity contribution in [1.82, 2.24) is 0 Å². The number of benzene rings is 2. The smallest absolute Gasteiger partial charge is 0.338 e. The molecule has 0 saturated heterocycles. The lowest BCUT2D eigenvalue weighted by Gasteiger charge is -2.43. The fourth-order valence-corrected chi connectivity index (χ4v) is 4.10. The number of ether oxygens (including phenoxy) is 2. The molecule has 2 aliphatic rings. The van der Waals surface area contributed by atoms with Crippen molar-refractivity contribution in [3.8, 4) is 0 Å². The number of fused-ring (bicyclic) bond motifs is 2. The number of carbonyl (C=O) groups is 1. The molecule has 1 saturated carbocycles. The molecule has 0 radical (unpaired) electrons. The molecule has 1 aliphatic heterocycles. The van der Waals surface area contributed by atoms with Crippen LogP contribution in [-0.4, -0.2) is 18.7 Å². The lowest BCUT2D eigenvalue weighted by atomic mass is 9.67. The fourth-order valence-electron chi connectivity index (χ4n) is 4.10. The van der Waals surface area contributed by atoms with Gasteiger partial charge in [0.2, 0.25) is 0 Å². The summed E-state index contributed by atoms with van der Waals surface area (Å²) < 4.78 is 11.7. The molecule has 3 nitrogen and oxygen atoms in total. The van der Waals surface area contributed by atoms with Crippen LogP contribution in [0.4, 0.5) is 0 Å². The van der Waals surface area contributed by atoms with Crippen molar-refractivity contribution in [3.05, 3.63) is 71.3 Å². The van der Waals surface area contributed by atoms with Crippen molar-refractivity contribution >= 4 is 5.97 Å². The summed E-state index contributed by atoms with van der Waals surface area (Å²) >= 11 is 0. The van der Waals surface area contributed by atoms with Gasteiger partial charge >= 0.3 is 5.97 Å². The molecule has 2 atom stereocenters. The van der Waals surface area contributed by atoms with Crippen molar-refractivity contribution in [2.75, 3.05) is 6.61 Å². The maximum absolute atomic E-state index is 12.1. The molecule has 2 aromatic carbocycles. The summed E-state index contributed by atoms with van der Waals surface area (Å²) in [5.74, 6) is -0.191. The zero-order valence-corrected chi connectivity index (χ0v) is 13.7. The maximum atomic E-state index is 12.1. The van der Waals surface area contributed by atoms with Crippen LogP contribution in [0.2, 0.25) is 0 Å². The van der Waals surface area contributed by atoms with Gasteiger partial charge in [-0.2, -0.15) is 0 Å². The molecule has 0 N–H and O–H groups in total. The number of rotatable bonds is 3. The van der Waals surface area contributed by atoms with E-state index < -0.39 is 0 Å². The van der Waals surface area contributed by atoms with Crippen LogP contribution in [0, 0.1) is 0 Å². The molecule has 1 fully saturated rings. The second-order valence-electron chi connectivity index (χ2n) is 6.92. The van der Waals surface area contributed by atoms with Crippen LogP contribution < -0.4 is 0 Å². The average Bonchev–Trinajstić information content (AvgIpc) is 2.65. The van der Waals surface area contributed by atoms with Crippen molar-refractivity contribution in [2.45, 2.75) is 43.8 Å². The Hall–Kier alpha value is -2.13. The third-order valence-electron chi connectivity index (χ3n) is 5.33. The molecule has 0 bridgehead atoms. The minimum Gasteiger partial charge on any atom is -0.461 e. The highest BCUT2D eigenvalue weighted by Gasteiger charge is 2.44. The van der Waals surface area contributed by atoms with Crippen molar-refractivity contribution in [3.63, 3.8) is 0 Å². The zero-order chi connectivity index (χ0) is 16.4. The van der Waals surface area contributed by atoms with Gasteiger partial charge in [0.15, 0.2) is 0 Å². The van der Waals surface area contributed by atoms with Gasteiger partial charge in [0.05, 0.1) is 18.3 Å². The summed E-state index contributed by atoms with van der Waals surface area (Å²) in [6, 6.07) is 18.2. The number of hydrogen-bond acceptors (Lipinski definition) is 3. The largest absolute Gasteiger partial charge is 0.461 e. The van der Waals surface area contributed by atoms with E-state index in [1.807, 2.05) is 36.4 Å². The van der Waals surface area contributed by atoms with E-state index in [-0.39, 0.29) is 17.5 Å². The molecule has 2 aromatic rings. The van der Waals surface area contributed by atoms with E-state index in [9.17, 15) is 4.79 Å². The minimum absolute atomic E-state index is 0.0793. The van der Waals surface area contributed by atoms with Crippen LogP contribution in [0.3, 0.4) is 0 Å². The maximum Gasteiger partial charge on any atom is 0.338 e. The first-order valence-electron chi connectivity index (χ1n) is 8.69. The van der Waals surface area contributed by atoms with Gasteiger partial charge in [-0.1, -0.05) is 48.5 Å². The minimum atomic E-state index is -0.191. The SMILES string of the molecule is O=C1OCC2(CCCC(OCc3ccccc3)C2)c2ccccc21. The first-order chi connectivity index (χ1) is 11.8. The van der Waals surface area contributed by atoms with Gasteiger partial charge in [0.25, 0.3) is 0 Å². The highest BCUT2D eigenvalue weighted by molar-refractivity contribution is 5.92. The van der Waals surface area contributed by atoms with Crippen LogP contribution in [0.1, 0.15) is 47.2 Å². The van der Waals surface area contributed by atoms with Gasteiger partial charge < -0.3 is 9.47 Å². The van der Waals surface area contributed by atoms with Gasteiger partial charge in [-0.05, 0) is 42.9 Å². The van der Waals surface area contributed by atoms with Crippen molar-refractivity contribution < 1.29 is 14.3 Å². The predicted octanol–water partition coefficient (Wildman–Crippen LogP) is 4.25. The zero-order valence-electron chi connectivity index (χ0n) is 13.7. The highest BCUT2D eigenvalue weighted by Crippen LogP contribution is 2.44. The van der Waals surface area contributed by atoms with Gasteiger partial charge in [-0.3, -0.25) is 0 Å². The predicted molar refractivity (Wildman–Crippen MR) is 91.9 cm³/mol. The van der Waals surface area contributed by atoms with Gasteiger partial charge in [0, 0.05) is 5.41 Å². The van der Waals surface area contributed by atoms with Crippen LogP contribution in [-0.2, 0) is 21.5 Å². The van der Waals surface area contributed by atoms with E-state index >= 15 is 0 Å². The summed E-state index contributed by atoms with van der Waals surface area (Å²) in [6.07, 6.45) is 4.37. The Kier molecular flexibility index (Phi) is 4.11. The Balaban J connectivity index is 1.52. The quantitative estimate of drug-likeness (QED) is 0.792. The number of esters is 1. The summed E-state index contributed by atoms with van der Waals surface area (Å²) in [6.45, 7) is 1.12. The van der Waals surface area contributed by atoms with E-state index in [0.29, 0.717) is 13.2 Å². The summed E-state index contributed by atoms with van der Waals surface area (Å²) in [5.41, 5.74) is 3.00. The third kappa shape index (κ3) is 2.84. The van der Waals surface area contributed by atoms with E-state index in [2.05, 4.69) is 18.2 Å². The van der Waals surface area contributed by atoms with Gasteiger partial charge in [-0.25, -0.2) is 4.79 Å².